The predicted molar refractivity (Wildman–Crippen MR) is 84.0 cm³/mol. The van der Waals surface area contributed by atoms with Crippen LogP contribution in [0.1, 0.15) is 50.9 Å². The van der Waals surface area contributed by atoms with E-state index in [1.54, 1.807) is 13.0 Å². The lowest BCUT2D eigenvalue weighted by Crippen LogP contribution is -2.18. The average Bonchev–Trinajstić information content (AvgIpc) is 2.39. The molecule has 0 saturated heterocycles. The molecule has 0 heterocycles. The molecule has 112 valence electrons. The summed E-state index contributed by atoms with van der Waals surface area (Å²) in [4.78, 5) is 11.8. The van der Waals surface area contributed by atoms with Gasteiger partial charge in [-0.2, -0.15) is 0 Å². The molecule has 0 amide bonds. The fourth-order valence-electron chi connectivity index (χ4n) is 2.00. The first-order valence-corrected chi connectivity index (χ1v) is 7.27. The van der Waals surface area contributed by atoms with Crippen LogP contribution in [0, 0.1) is 5.92 Å². The van der Waals surface area contributed by atoms with Crippen molar-refractivity contribution in [2.45, 2.75) is 46.6 Å². The highest BCUT2D eigenvalue weighted by Crippen LogP contribution is 2.25. The molecular weight excluding hydrogens is 252 g/mol. The number of carbonyl (C=O) groups is 1. The van der Waals surface area contributed by atoms with Gasteiger partial charge in [0.15, 0.2) is 0 Å². The lowest BCUT2D eigenvalue weighted by molar-refractivity contribution is 0.0527. The quantitative estimate of drug-likeness (QED) is 0.590. The summed E-state index contributed by atoms with van der Waals surface area (Å²) in [5, 5.41) is 3.37. The van der Waals surface area contributed by atoms with Crippen LogP contribution >= 0.6 is 0 Å². The molecule has 4 heteroatoms. The normalized spacial score (nSPS) is 12.2. The van der Waals surface area contributed by atoms with Gasteiger partial charge >= 0.3 is 5.97 Å². The summed E-state index contributed by atoms with van der Waals surface area (Å²) in [6.45, 7) is 8.68. The molecule has 0 spiro atoms. The number of anilines is 2. The Kier molecular flexibility index (Phi) is 6.36. The number of nitrogen functional groups attached to an aromatic ring is 1. The van der Waals surface area contributed by atoms with Crippen molar-refractivity contribution in [1.82, 2.24) is 0 Å². The second-order valence-corrected chi connectivity index (χ2v) is 5.50. The molecule has 0 fully saturated rings. The van der Waals surface area contributed by atoms with Gasteiger partial charge < -0.3 is 15.8 Å². The lowest BCUT2D eigenvalue weighted by atomic mass is 10.0. The van der Waals surface area contributed by atoms with E-state index in [-0.39, 0.29) is 5.97 Å². The van der Waals surface area contributed by atoms with E-state index in [0.717, 1.165) is 18.5 Å². The van der Waals surface area contributed by atoms with E-state index in [1.807, 2.05) is 12.1 Å². The van der Waals surface area contributed by atoms with Gasteiger partial charge in [0, 0.05) is 6.04 Å². The zero-order valence-corrected chi connectivity index (χ0v) is 12.9. The Bertz CT molecular complexity index is 444. The molecule has 20 heavy (non-hydrogen) atoms. The predicted octanol–water partition coefficient (Wildman–Crippen LogP) is 3.68. The first kappa shape index (κ1) is 16.3. The fourth-order valence-corrected chi connectivity index (χ4v) is 2.00. The maximum absolute atomic E-state index is 11.8. The van der Waals surface area contributed by atoms with Gasteiger partial charge in [0.05, 0.1) is 23.5 Å². The summed E-state index contributed by atoms with van der Waals surface area (Å²) in [6, 6.07) is 5.72. The van der Waals surface area contributed by atoms with Crippen LogP contribution in [-0.4, -0.2) is 18.6 Å². The molecule has 0 saturated carbocycles. The Morgan fingerprint density at radius 3 is 2.60 bits per heavy atom. The molecule has 0 aliphatic carbocycles. The first-order valence-electron chi connectivity index (χ1n) is 7.27. The molecule has 1 unspecified atom stereocenters. The third kappa shape index (κ3) is 4.76. The molecule has 3 N–H and O–H groups in total. The average molecular weight is 278 g/mol. The van der Waals surface area contributed by atoms with E-state index in [4.69, 9.17) is 10.5 Å². The molecule has 0 aliphatic heterocycles. The number of nitrogens with two attached hydrogens (primary N) is 1. The molecule has 1 aromatic rings. The van der Waals surface area contributed by atoms with E-state index in [0.29, 0.717) is 29.8 Å². The molecule has 0 radical (unpaired) electrons. The van der Waals surface area contributed by atoms with Gasteiger partial charge in [0.2, 0.25) is 0 Å². The van der Waals surface area contributed by atoms with Crippen molar-refractivity contribution in [2.75, 3.05) is 17.7 Å². The summed E-state index contributed by atoms with van der Waals surface area (Å²) >= 11 is 0. The number of hydrogen-bond acceptors (Lipinski definition) is 4. The highest BCUT2D eigenvalue weighted by Gasteiger charge is 2.14. The van der Waals surface area contributed by atoms with Crippen molar-refractivity contribution >= 4 is 17.3 Å². The largest absolute Gasteiger partial charge is 0.462 e. The van der Waals surface area contributed by atoms with Crippen LogP contribution in [0.2, 0.25) is 0 Å². The van der Waals surface area contributed by atoms with Crippen LogP contribution in [0.4, 0.5) is 11.4 Å². The zero-order valence-electron chi connectivity index (χ0n) is 12.9. The highest BCUT2D eigenvalue weighted by molar-refractivity contribution is 5.98. The first-order chi connectivity index (χ1) is 9.45. The van der Waals surface area contributed by atoms with Crippen LogP contribution in [0.15, 0.2) is 18.2 Å². The number of benzene rings is 1. The molecule has 4 nitrogen and oxygen atoms in total. The minimum absolute atomic E-state index is 0.317. The number of para-hydroxylation sites is 1. The van der Waals surface area contributed by atoms with E-state index >= 15 is 0 Å². The molecule has 1 aromatic carbocycles. The van der Waals surface area contributed by atoms with Gasteiger partial charge in [-0.1, -0.05) is 19.9 Å². The summed E-state index contributed by atoms with van der Waals surface area (Å²) in [7, 11) is 0. The van der Waals surface area contributed by atoms with E-state index in [2.05, 4.69) is 26.1 Å². The van der Waals surface area contributed by atoms with Crippen LogP contribution < -0.4 is 11.1 Å². The number of carbonyl (C=O) groups excluding carboxylic acids is 1. The van der Waals surface area contributed by atoms with E-state index in [9.17, 15) is 4.79 Å². The Labute approximate surface area is 121 Å². The lowest BCUT2D eigenvalue weighted by Gasteiger charge is -2.18. The van der Waals surface area contributed by atoms with Gasteiger partial charge in [0.25, 0.3) is 0 Å². The Morgan fingerprint density at radius 1 is 1.30 bits per heavy atom. The molecule has 1 atom stereocenters. The van der Waals surface area contributed by atoms with Crippen molar-refractivity contribution in [1.29, 1.82) is 0 Å². The summed E-state index contributed by atoms with van der Waals surface area (Å²) < 4.78 is 5.00. The van der Waals surface area contributed by atoms with Crippen LogP contribution in [-0.2, 0) is 4.74 Å². The second kappa shape index (κ2) is 7.78. The minimum atomic E-state index is -0.372. The number of nitrogens with one attached hydrogen (secondary N) is 1. The Balaban J connectivity index is 2.76. The monoisotopic (exact) mass is 278 g/mol. The zero-order chi connectivity index (χ0) is 15.1. The van der Waals surface area contributed by atoms with Crippen molar-refractivity contribution in [3.05, 3.63) is 23.8 Å². The number of rotatable bonds is 7. The minimum Gasteiger partial charge on any atom is -0.462 e. The van der Waals surface area contributed by atoms with Crippen molar-refractivity contribution < 1.29 is 9.53 Å². The maximum Gasteiger partial charge on any atom is 0.340 e. The second-order valence-electron chi connectivity index (χ2n) is 5.50. The Hall–Kier alpha value is -1.71. The van der Waals surface area contributed by atoms with Gasteiger partial charge in [-0.25, -0.2) is 4.79 Å². The van der Waals surface area contributed by atoms with Crippen molar-refractivity contribution in [2.24, 2.45) is 5.92 Å². The molecule has 0 aliphatic rings. The number of esters is 1. The molecule has 1 rings (SSSR count). The van der Waals surface area contributed by atoms with Gasteiger partial charge in [-0.3, -0.25) is 0 Å². The van der Waals surface area contributed by atoms with Gasteiger partial charge in [-0.05, 0) is 44.7 Å². The molecule has 0 aromatic heterocycles. The topological polar surface area (TPSA) is 64.3 Å². The van der Waals surface area contributed by atoms with Crippen LogP contribution in [0.3, 0.4) is 0 Å². The van der Waals surface area contributed by atoms with Gasteiger partial charge in [0.1, 0.15) is 0 Å². The summed E-state index contributed by atoms with van der Waals surface area (Å²) in [5.74, 6) is 0.311. The van der Waals surface area contributed by atoms with Crippen molar-refractivity contribution in [3.63, 3.8) is 0 Å². The third-order valence-electron chi connectivity index (χ3n) is 3.18. The molecular formula is C16H26N2O2. The van der Waals surface area contributed by atoms with Crippen LogP contribution in [0.5, 0.6) is 0 Å². The summed E-state index contributed by atoms with van der Waals surface area (Å²) in [6.07, 6.45) is 2.23. The van der Waals surface area contributed by atoms with E-state index in [1.165, 1.54) is 0 Å². The highest BCUT2D eigenvalue weighted by atomic mass is 16.5. The smallest absolute Gasteiger partial charge is 0.340 e. The Morgan fingerprint density at radius 2 is 2.00 bits per heavy atom. The van der Waals surface area contributed by atoms with E-state index < -0.39 is 0 Å². The number of hydrogen-bond donors (Lipinski definition) is 2. The van der Waals surface area contributed by atoms with Gasteiger partial charge in [-0.15, -0.1) is 0 Å². The maximum atomic E-state index is 11.8. The fraction of sp³-hybridized carbons (Fsp3) is 0.562. The number of ether oxygens (including phenoxy) is 1. The third-order valence-corrected chi connectivity index (χ3v) is 3.18. The van der Waals surface area contributed by atoms with Crippen molar-refractivity contribution in [3.8, 4) is 0 Å². The van der Waals surface area contributed by atoms with Crippen LogP contribution in [0.25, 0.3) is 0 Å². The molecule has 0 bridgehead atoms. The SMILES string of the molecule is CCOC(=O)c1cccc(NC(C)CCC(C)C)c1N. The summed E-state index contributed by atoms with van der Waals surface area (Å²) in [5.41, 5.74) is 7.74. The standard InChI is InChI=1S/C16H26N2O2/c1-5-20-16(19)13-7-6-8-14(15(13)17)18-12(4)10-9-11(2)3/h6-8,11-12,18H,5,9-10,17H2,1-4H3.